The van der Waals surface area contributed by atoms with E-state index >= 15 is 0 Å². The van der Waals surface area contributed by atoms with Crippen molar-refractivity contribution < 1.29 is 4.74 Å². The molecular weight excluding hydrogens is 388 g/mol. The van der Waals surface area contributed by atoms with E-state index in [9.17, 15) is 0 Å². The van der Waals surface area contributed by atoms with Crippen LogP contribution in [0.25, 0.3) is 10.2 Å². The molecule has 0 saturated heterocycles. The second kappa shape index (κ2) is 10.1. The van der Waals surface area contributed by atoms with Crippen LogP contribution >= 0.6 is 11.3 Å². The van der Waals surface area contributed by atoms with Crippen LogP contribution in [0.1, 0.15) is 41.0 Å². The second-order valence-corrected chi connectivity index (χ2v) is 7.97. The van der Waals surface area contributed by atoms with E-state index in [-0.39, 0.29) is 12.1 Å². The Morgan fingerprint density at radius 2 is 1.83 bits per heavy atom. The number of rotatable bonds is 5. The normalized spacial score (nSPS) is 11.3. The fraction of sp³-hybridized carbons (Fsp3) is 0.192. The minimum atomic E-state index is 0. The van der Waals surface area contributed by atoms with Gasteiger partial charge < -0.3 is 10.9 Å². The van der Waals surface area contributed by atoms with Gasteiger partial charge in [-0.1, -0.05) is 61.2 Å². The van der Waals surface area contributed by atoms with E-state index in [0.29, 0.717) is 0 Å². The van der Waals surface area contributed by atoms with Crippen LogP contribution in [0.3, 0.4) is 0 Å². The molecular formula is C26H26N2OS. The molecule has 152 valence electrons. The van der Waals surface area contributed by atoms with Crippen LogP contribution in [-0.4, -0.2) is 12.1 Å². The van der Waals surface area contributed by atoms with Crippen LogP contribution in [0.15, 0.2) is 72.8 Å². The van der Waals surface area contributed by atoms with Gasteiger partial charge in [-0.3, -0.25) is 0 Å². The van der Waals surface area contributed by atoms with Gasteiger partial charge in [0.05, 0.1) is 17.3 Å². The molecule has 0 aliphatic carbocycles. The summed E-state index contributed by atoms with van der Waals surface area (Å²) in [4.78, 5) is 4.97. The average Bonchev–Trinajstić information content (AvgIpc) is 3.19. The zero-order valence-electron chi connectivity index (χ0n) is 17.4. The zero-order valence-corrected chi connectivity index (χ0v) is 18.2. The lowest BCUT2D eigenvalue weighted by atomic mass is 9.92. The smallest absolute Gasteiger partial charge is 0.120 e. The Morgan fingerprint density at radius 3 is 2.60 bits per heavy atom. The van der Waals surface area contributed by atoms with Crippen LogP contribution in [0.2, 0.25) is 0 Å². The number of methoxy groups -OCH3 is 1. The van der Waals surface area contributed by atoms with E-state index in [1.807, 2.05) is 12.1 Å². The summed E-state index contributed by atoms with van der Waals surface area (Å²) in [7, 11) is 1.70. The van der Waals surface area contributed by atoms with Gasteiger partial charge in [-0.2, -0.15) is 0 Å². The molecule has 3 aromatic carbocycles. The van der Waals surface area contributed by atoms with Gasteiger partial charge in [0, 0.05) is 17.9 Å². The van der Waals surface area contributed by atoms with E-state index in [2.05, 4.69) is 79.4 Å². The van der Waals surface area contributed by atoms with Crippen molar-refractivity contribution >= 4 is 21.6 Å². The molecule has 0 fully saturated rings. The Bertz CT molecular complexity index is 1170. The molecule has 30 heavy (non-hydrogen) atoms. The molecule has 0 aliphatic heterocycles. The molecule has 4 aromatic rings. The Morgan fingerprint density at radius 1 is 1.00 bits per heavy atom. The van der Waals surface area contributed by atoms with E-state index in [0.717, 1.165) is 39.4 Å². The molecule has 0 spiro atoms. The molecule has 4 heteroatoms. The number of hydrogen-bond acceptors (Lipinski definition) is 4. The summed E-state index contributed by atoms with van der Waals surface area (Å²) in [6.45, 7) is 2.07. The number of hydrogen-bond donors (Lipinski definition) is 1. The molecule has 0 radical (unpaired) electrons. The van der Waals surface area contributed by atoms with Crippen molar-refractivity contribution in [3.63, 3.8) is 0 Å². The number of fused-ring (bicyclic) bond motifs is 1. The molecule has 1 aromatic heterocycles. The summed E-state index contributed by atoms with van der Waals surface area (Å²) in [5.74, 6) is 7.48. The molecule has 1 heterocycles. The van der Waals surface area contributed by atoms with Gasteiger partial charge in [-0.05, 0) is 47.9 Å². The highest BCUT2D eigenvalue weighted by Gasteiger charge is 2.19. The lowest BCUT2D eigenvalue weighted by Crippen LogP contribution is -2.05. The third kappa shape index (κ3) is 4.88. The monoisotopic (exact) mass is 414 g/mol. The summed E-state index contributed by atoms with van der Waals surface area (Å²) in [6.07, 6.45) is 1.76. The van der Waals surface area contributed by atoms with E-state index in [1.165, 1.54) is 11.1 Å². The van der Waals surface area contributed by atoms with Gasteiger partial charge in [0.2, 0.25) is 0 Å². The first-order valence-electron chi connectivity index (χ1n) is 9.84. The molecule has 0 aliphatic rings. The lowest BCUT2D eigenvalue weighted by Gasteiger charge is -2.15. The number of nitrogens with zero attached hydrogens (tertiary/aromatic N) is 1. The van der Waals surface area contributed by atoms with Gasteiger partial charge >= 0.3 is 0 Å². The predicted molar refractivity (Wildman–Crippen MR) is 127 cm³/mol. The highest BCUT2D eigenvalue weighted by Crippen LogP contribution is 2.35. The van der Waals surface area contributed by atoms with E-state index in [4.69, 9.17) is 9.72 Å². The number of thiazole rings is 1. The maximum atomic E-state index is 5.38. The lowest BCUT2D eigenvalue weighted by molar-refractivity contribution is 0.415. The molecule has 0 bridgehead atoms. The van der Waals surface area contributed by atoms with Crippen LogP contribution < -0.4 is 10.9 Å². The zero-order chi connectivity index (χ0) is 20.1. The van der Waals surface area contributed by atoms with Gasteiger partial charge in [-0.15, -0.1) is 11.3 Å². The van der Waals surface area contributed by atoms with E-state index < -0.39 is 0 Å². The second-order valence-electron chi connectivity index (χ2n) is 6.91. The van der Waals surface area contributed by atoms with Gasteiger partial charge in [0.15, 0.2) is 0 Å². The highest BCUT2D eigenvalue weighted by molar-refractivity contribution is 7.18. The summed E-state index contributed by atoms with van der Waals surface area (Å²) >= 11 is 1.75. The van der Waals surface area contributed by atoms with E-state index in [1.54, 1.807) is 18.4 Å². The number of aromatic nitrogens is 1. The average molecular weight is 415 g/mol. The van der Waals surface area contributed by atoms with Crippen molar-refractivity contribution in [3.8, 4) is 17.6 Å². The Labute approximate surface area is 182 Å². The van der Waals surface area contributed by atoms with Crippen molar-refractivity contribution in [3.05, 3.63) is 94.5 Å². The molecule has 3 N–H and O–H groups in total. The SMILES string of the molecule is CCC#Cc1cccc(CC(c2ccccc2)c2nc3ccc(OC)cc3s2)c1.N. The third-order valence-corrected chi connectivity index (χ3v) is 6.02. The van der Waals surface area contributed by atoms with Crippen molar-refractivity contribution in [2.24, 2.45) is 0 Å². The number of benzene rings is 3. The fourth-order valence-corrected chi connectivity index (χ4v) is 4.56. The standard InChI is InChI=1S/C26H23NOS.H3N/c1-3-4-9-19-10-8-11-20(16-19)17-23(21-12-6-5-7-13-21)26-27-24-15-14-22(28-2)18-25(24)29-26;/h5-8,10-16,18,23H,3,17H2,1-2H3;1H3. The summed E-state index contributed by atoms with van der Waals surface area (Å²) in [6, 6.07) is 25.3. The first-order chi connectivity index (χ1) is 14.3. The Kier molecular flexibility index (Phi) is 7.24. The Hall–Kier alpha value is -3.13. The molecule has 1 atom stereocenters. The van der Waals surface area contributed by atoms with Crippen molar-refractivity contribution in [2.45, 2.75) is 25.7 Å². The van der Waals surface area contributed by atoms with Crippen LogP contribution in [-0.2, 0) is 6.42 Å². The molecule has 0 amide bonds. The Balaban J connectivity index is 0.00000256. The minimum Gasteiger partial charge on any atom is -0.497 e. The maximum Gasteiger partial charge on any atom is 0.120 e. The van der Waals surface area contributed by atoms with Crippen molar-refractivity contribution in [1.82, 2.24) is 11.1 Å². The number of ether oxygens (including phenoxy) is 1. The summed E-state index contributed by atoms with van der Waals surface area (Å²) < 4.78 is 6.54. The van der Waals surface area contributed by atoms with Gasteiger partial charge in [0.1, 0.15) is 10.8 Å². The predicted octanol–water partition coefficient (Wildman–Crippen LogP) is 6.60. The van der Waals surface area contributed by atoms with Crippen LogP contribution in [0.5, 0.6) is 5.75 Å². The summed E-state index contributed by atoms with van der Waals surface area (Å²) in [5, 5.41) is 1.13. The fourth-order valence-electron chi connectivity index (χ4n) is 3.43. The molecule has 0 saturated carbocycles. The summed E-state index contributed by atoms with van der Waals surface area (Å²) in [5.41, 5.74) is 4.65. The van der Waals surface area contributed by atoms with Gasteiger partial charge in [-0.25, -0.2) is 4.98 Å². The molecule has 1 unspecified atom stereocenters. The quantitative estimate of drug-likeness (QED) is 0.374. The third-order valence-electron chi connectivity index (χ3n) is 4.89. The largest absolute Gasteiger partial charge is 0.497 e. The molecule has 3 nitrogen and oxygen atoms in total. The minimum absolute atomic E-state index is 0. The maximum absolute atomic E-state index is 5.38. The highest BCUT2D eigenvalue weighted by atomic mass is 32.1. The first kappa shape index (κ1) is 21.6. The van der Waals surface area contributed by atoms with Crippen molar-refractivity contribution in [2.75, 3.05) is 7.11 Å². The van der Waals surface area contributed by atoms with Crippen LogP contribution in [0, 0.1) is 11.8 Å². The topological polar surface area (TPSA) is 57.1 Å². The van der Waals surface area contributed by atoms with Crippen LogP contribution in [0.4, 0.5) is 0 Å². The van der Waals surface area contributed by atoms with Crippen molar-refractivity contribution in [1.29, 1.82) is 0 Å². The molecule has 4 rings (SSSR count). The first-order valence-corrected chi connectivity index (χ1v) is 10.7. The van der Waals surface area contributed by atoms with Gasteiger partial charge in [0.25, 0.3) is 0 Å².